The summed E-state index contributed by atoms with van der Waals surface area (Å²) in [5, 5.41) is 8.80. The molecule has 0 bridgehead atoms. The summed E-state index contributed by atoms with van der Waals surface area (Å²) in [7, 11) is 1.44. The summed E-state index contributed by atoms with van der Waals surface area (Å²) in [6, 6.07) is -1.56. The molecule has 84 valence electrons. The number of aliphatic carboxylic acids is 1. The summed E-state index contributed by atoms with van der Waals surface area (Å²) in [5.74, 6) is -1.38. The molecule has 0 spiro atoms. The summed E-state index contributed by atoms with van der Waals surface area (Å²) < 4.78 is 5.18. The van der Waals surface area contributed by atoms with Crippen LogP contribution in [0.5, 0.6) is 0 Å². The van der Waals surface area contributed by atoms with Gasteiger partial charge in [0.2, 0.25) is 5.91 Å². The predicted octanol–water partition coefficient (Wildman–Crippen LogP) is -0.955. The molecule has 2 heterocycles. The summed E-state index contributed by atoms with van der Waals surface area (Å²) in [6.45, 7) is 1.66. The number of hydrogen-bond donors (Lipinski definition) is 2. The van der Waals surface area contributed by atoms with E-state index in [4.69, 9.17) is 15.6 Å². The van der Waals surface area contributed by atoms with E-state index in [-0.39, 0.29) is 11.3 Å². The molecule has 4 atom stereocenters. The molecule has 2 saturated heterocycles. The molecule has 3 N–H and O–H groups in total. The molecule has 4 unspecified atom stereocenters. The van der Waals surface area contributed by atoms with Gasteiger partial charge >= 0.3 is 5.97 Å². The van der Waals surface area contributed by atoms with E-state index < -0.39 is 23.0 Å². The number of hydrogen-bond acceptors (Lipinski definition) is 5. The summed E-state index contributed by atoms with van der Waals surface area (Å²) >= 11 is 1.29. The minimum absolute atomic E-state index is 0.274. The maximum atomic E-state index is 11.4. The van der Waals surface area contributed by atoms with Crippen LogP contribution in [0.4, 0.5) is 0 Å². The number of nitrogens with zero attached hydrogens (tertiary/aromatic N) is 1. The number of thioether (sulfide) groups is 1. The fourth-order valence-corrected chi connectivity index (χ4v) is 3.50. The van der Waals surface area contributed by atoms with Crippen LogP contribution in [0.2, 0.25) is 0 Å². The van der Waals surface area contributed by atoms with Gasteiger partial charge in [-0.3, -0.25) is 4.79 Å². The molecule has 0 aromatic carbocycles. The number of methoxy groups -OCH3 is 1. The fourth-order valence-electron chi connectivity index (χ4n) is 1.97. The first-order valence-corrected chi connectivity index (χ1v) is 5.34. The van der Waals surface area contributed by atoms with Gasteiger partial charge in [0.15, 0.2) is 6.04 Å². The summed E-state index contributed by atoms with van der Waals surface area (Å²) in [6.07, 6.45) is 0. The van der Waals surface area contributed by atoms with E-state index in [9.17, 15) is 9.59 Å². The second-order valence-electron chi connectivity index (χ2n) is 3.74. The van der Waals surface area contributed by atoms with E-state index in [1.165, 1.54) is 23.8 Å². The summed E-state index contributed by atoms with van der Waals surface area (Å²) in [4.78, 5) is 22.9. The molecular weight excluding hydrogens is 220 g/mol. The lowest BCUT2D eigenvalue weighted by Crippen LogP contribution is -2.68. The lowest BCUT2D eigenvalue weighted by molar-refractivity contribution is -0.164. The van der Waals surface area contributed by atoms with Crippen molar-refractivity contribution in [3.63, 3.8) is 0 Å². The van der Waals surface area contributed by atoms with Crippen LogP contribution in [-0.4, -0.2) is 51.4 Å². The van der Waals surface area contributed by atoms with E-state index in [1.807, 2.05) is 0 Å². The Morgan fingerprint density at radius 1 is 1.73 bits per heavy atom. The highest BCUT2D eigenvalue weighted by molar-refractivity contribution is 8.01. The fraction of sp³-hybridized carbons (Fsp3) is 0.750. The lowest BCUT2D eigenvalue weighted by atomic mass is 10.0. The highest BCUT2D eigenvalue weighted by Crippen LogP contribution is 2.50. The third kappa shape index (κ3) is 1.20. The maximum absolute atomic E-state index is 11.4. The van der Waals surface area contributed by atoms with Gasteiger partial charge in [-0.05, 0) is 6.92 Å². The number of fused-ring (bicyclic) bond motifs is 1. The van der Waals surface area contributed by atoms with Gasteiger partial charge in [-0.15, -0.1) is 0 Å². The maximum Gasteiger partial charge on any atom is 0.330 e. The Bertz CT molecular complexity index is 337. The zero-order valence-electron chi connectivity index (χ0n) is 8.34. The molecule has 2 aliphatic rings. The monoisotopic (exact) mass is 232 g/mol. The molecule has 1 amide bonds. The Balaban J connectivity index is 2.33. The minimum Gasteiger partial charge on any atom is -0.480 e. The quantitative estimate of drug-likeness (QED) is 0.596. The first kappa shape index (κ1) is 10.7. The molecule has 2 rings (SSSR count). The summed E-state index contributed by atoms with van der Waals surface area (Å²) in [5.41, 5.74) is 5.58. The third-order valence-corrected chi connectivity index (χ3v) is 4.51. The van der Waals surface area contributed by atoms with Crippen LogP contribution in [0.15, 0.2) is 0 Å². The molecule has 15 heavy (non-hydrogen) atoms. The molecule has 6 nitrogen and oxygen atoms in total. The number of rotatable bonds is 2. The SMILES string of the molecule is COC1(C)SC2C(N)C(=O)N2C1C(=O)O. The molecule has 2 aliphatic heterocycles. The molecule has 0 aliphatic carbocycles. The second-order valence-corrected chi connectivity index (χ2v) is 5.27. The van der Waals surface area contributed by atoms with Crippen molar-refractivity contribution in [2.24, 2.45) is 5.73 Å². The Morgan fingerprint density at radius 3 is 2.80 bits per heavy atom. The largest absolute Gasteiger partial charge is 0.480 e. The highest BCUT2D eigenvalue weighted by Gasteiger charge is 2.65. The van der Waals surface area contributed by atoms with Crippen LogP contribution in [-0.2, 0) is 14.3 Å². The van der Waals surface area contributed by atoms with Crippen molar-refractivity contribution in [2.75, 3.05) is 7.11 Å². The third-order valence-electron chi connectivity index (χ3n) is 2.89. The number of amides is 1. The van der Waals surface area contributed by atoms with E-state index in [2.05, 4.69) is 0 Å². The standard InChI is InChI=1S/C8H12N2O4S/c1-8(14-2)4(7(12)13)10-5(11)3(9)6(10)15-8/h3-4,6H,9H2,1-2H3,(H,12,13). The van der Waals surface area contributed by atoms with Crippen molar-refractivity contribution in [3.8, 4) is 0 Å². The van der Waals surface area contributed by atoms with Crippen molar-refractivity contribution in [1.82, 2.24) is 4.90 Å². The first-order valence-electron chi connectivity index (χ1n) is 4.46. The molecule has 0 aromatic rings. The van der Waals surface area contributed by atoms with Crippen molar-refractivity contribution in [2.45, 2.75) is 29.3 Å². The van der Waals surface area contributed by atoms with Crippen molar-refractivity contribution < 1.29 is 19.4 Å². The molecule has 2 fully saturated rings. The molecule has 0 saturated carbocycles. The number of ether oxygens (including phenoxy) is 1. The van der Waals surface area contributed by atoms with Crippen molar-refractivity contribution >= 4 is 23.6 Å². The van der Waals surface area contributed by atoms with Gasteiger partial charge in [-0.1, -0.05) is 11.8 Å². The number of β-lactam (4-membered cyclic amide) rings is 1. The van der Waals surface area contributed by atoms with Crippen molar-refractivity contribution in [1.29, 1.82) is 0 Å². The molecule has 0 aromatic heterocycles. The van der Waals surface area contributed by atoms with Gasteiger partial charge in [-0.25, -0.2) is 4.79 Å². The Hall–Kier alpha value is -0.790. The van der Waals surface area contributed by atoms with Crippen LogP contribution >= 0.6 is 11.8 Å². The van der Waals surface area contributed by atoms with E-state index in [0.717, 1.165) is 0 Å². The van der Waals surface area contributed by atoms with Gasteiger partial charge in [0.1, 0.15) is 16.3 Å². The smallest absolute Gasteiger partial charge is 0.330 e. The van der Waals surface area contributed by atoms with Crippen LogP contribution in [0.25, 0.3) is 0 Å². The van der Waals surface area contributed by atoms with Crippen molar-refractivity contribution in [3.05, 3.63) is 0 Å². The van der Waals surface area contributed by atoms with Crippen LogP contribution in [0.1, 0.15) is 6.92 Å². The average molecular weight is 232 g/mol. The van der Waals surface area contributed by atoms with E-state index in [1.54, 1.807) is 6.92 Å². The Kier molecular flexibility index (Phi) is 2.21. The Labute approximate surface area is 90.7 Å². The number of carbonyl (C=O) groups is 2. The zero-order chi connectivity index (χ0) is 11.4. The van der Waals surface area contributed by atoms with E-state index >= 15 is 0 Å². The number of nitrogens with two attached hydrogens (primary N) is 1. The van der Waals surface area contributed by atoms with Gasteiger partial charge < -0.3 is 20.5 Å². The number of carboxylic acids is 1. The Morgan fingerprint density at radius 2 is 2.33 bits per heavy atom. The van der Waals surface area contributed by atoms with E-state index in [0.29, 0.717) is 0 Å². The molecular formula is C8H12N2O4S. The van der Waals surface area contributed by atoms with Crippen LogP contribution in [0.3, 0.4) is 0 Å². The number of carbonyl (C=O) groups excluding carboxylic acids is 1. The van der Waals surface area contributed by atoms with Gasteiger partial charge in [0.25, 0.3) is 0 Å². The second kappa shape index (κ2) is 3.10. The normalized spacial score (nSPS) is 43.8. The lowest BCUT2D eigenvalue weighted by Gasteiger charge is -2.41. The topological polar surface area (TPSA) is 92.9 Å². The highest BCUT2D eigenvalue weighted by atomic mass is 32.2. The van der Waals surface area contributed by atoms with Gasteiger partial charge in [-0.2, -0.15) is 0 Å². The molecule has 7 heteroatoms. The predicted molar refractivity (Wildman–Crippen MR) is 53.0 cm³/mol. The minimum atomic E-state index is -1.06. The average Bonchev–Trinajstić information content (AvgIpc) is 2.49. The zero-order valence-corrected chi connectivity index (χ0v) is 9.15. The van der Waals surface area contributed by atoms with Gasteiger partial charge in [0.05, 0.1) is 0 Å². The van der Waals surface area contributed by atoms with Gasteiger partial charge in [0, 0.05) is 7.11 Å². The number of carboxylic acid groups (broad SMARTS) is 1. The van der Waals surface area contributed by atoms with Crippen LogP contribution < -0.4 is 5.73 Å². The van der Waals surface area contributed by atoms with Crippen LogP contribution in [0, 0.1) is 0 Å². The first-order chi connectivity index (χ1) is 6.92. The molecule has 0 radical (unpaired) electrons.